The molecule has 1 atom stereocenters. The van der Waals surface area contributed by atoms with Crippen LogP contribution in [0.2, 0.25) is 0 Å². The minimum Gasteiger partial charge on any atom is -0.466 e. The number of esters is 1. The van der Waals surface area contributed by atoms with Crippen molar-refractivity contribution in [3.05, 3.63) is 47.2 Å². The first-order valence-corrected chi connectivity index (χ1v) is 5.55. The molecule has 0 bridgehead atoms. The lowest BCUT2D eigenvalue weighted by Gasteiger charge is -2.27. The fourth-order valence-electron chi connectivity index (χ4n) is 1.97. The predicted molar refractivity (Wildman–Crippen MR) is 65.6 cm³/mol. The molecule has 1 aliphatic heterocycles. The lowest BCUT2D eigenvalue weighted by Crippen LogP contribution is -2.45. The van der Waals surface area contributed by atoms with Gasteiger partial charge in [-0.15, -0.1) is 0 Å². The Balaban J connectivity index is 2.46. The second kappa shape index (κ2) is 4.91. The Kier molecular flexibility index (Phi) is 3.32. The number of hydrogen-bond acceptors (Lipinski definition) is 3. The van der Waals surface area contributed by atoms with Crippen LogP contribution in [0.15, 0.2) is 41.6 Å². The fourth-order valence-corrected chi connectivity index (χ4v) is 1.97. The maximum atomic E-state index is 11.8. The van der Waals surface area contributed by atoms with Crippen molar-refractivity contribution in [1.82, 2.24) is 10.6 Å². The van der Waals surface area contributed by atoms with Gasteiger partial charge in [-0.2, -0.15) is 0 Å². The Hall–Kier alpha value is -2.30. The third-order valence-electron chi connectivity index (χ3n) is 2.81. The molecule has 2 rings (SSSR count). The van der Waals surface area contributed by atoms with Crippen LogP contribution in [0.3, 0.4) is 0 Å². The van der Waals surface area contributed by atoms with E-state index in [4.69, 9.17) is 4.74 Å². The van der Waals surface area contributed by atoms with Crippen molar-refractivity contribution >= 4 is 12.0 Å². The van der Waals surface area contributed by atoms with Crippen LogP contribution in [0.4, 0.5) is 4.79 Å². The van der Waals surface area contributed by atoms with E-state index in [1.807, 2.05) is 30.3 Å². The Morgan fingerprint density at radius 3 is 2.56 bits per heavy atom. The first kappa shape index (κ1) is 12.2. The average Bonchev–Trinajstić information content (AvgIpc) is 2.38. The fraction of sp³-hybridized carbons (Fsp3) is 0.231. The van der Waals surface area contributed by atoms with Gasteiger partial charge in [-0.3, -0.25) is 0 Å². The number of urea groups is 1. The van der Waals surface area contributed by atoms with E-state index in [2.05, 4.69) is 10.6 Å². The molecule has 1 heterocycles. The van der Waals surface area contributed by atoms with Crippen LogP contribution >= 0.6 is 0 Å². The number of ether oxygens (including phenoxy) is 1. The zero-order valence-corrected chi connectivity index (χ0v) is 10.2. The van der Waals surface area contributed by atoms with Gasteiger partial charge in [-0.1, -0.05) is 30.3 Å². The average molecular weight is 246 g/mol. The molecule has 2 N–H and O–H groups in total. The van der Waals surface area contributed by atoms with E-state index < -0.39 is 12.0 Å². The highest BCUT2D eigenvalue weighted by Gasteiger charge is 2.31. The van der Waals surface area contributed by atoms with E-state index in [0.29, 0.717) is 11.3 Å². The lowest BCUT2D eigenvalue weighted by molar-refractivity contribution is -0.136. The molecule has 18 heavy (non-hydrogen) atoms. The molecule has 5 nitrogen and oxygen atoms in total. The van der Waals surface area contributed by atoms with Crippen LogP contribution in [-0.2, 0) is 9.53 Å². The maximum Gasteiger partial charge on any atom is 0.337 e. The molecule has 0 saturated heterocycles. The summed E-state index contributed by atoms with van der Waals surface area (Å²) < 4.78 is 4.76. The first-order valence-electron chi connectivity index (χ1n) is 5.55. The highest BCUT2D eigenvalue weighted by atomic mass is 16.5. The number of carbonyl (C=O) groups is 2. The van der Waals surface area contributed by atoms with Gasteiger partial charge in [0, 0.05) is 5.70 Å². The van der Waals surface area contributed by atoms with Gasteiger partial charge >= 0.3 is 12.0 Å². The van der Waals surface area contributed by atoms with E-state index in [-0.39, 0.29) is 6.03 Å². The minimum absolute atomic E-state index is 0.325. The normalized spacial score (nSPS) is 19.0. The van der Waals surface area contributed by atoms with E-state index >= 15 is 0 Å². The molecule has 1 aromatic carbocycles. The number of nitrogens with one attached hydrogen (secondary N) is 2. The quantitative estimate of drug-likeness (QED) is 0.777. The number of allylic oxidation sites excluding steroid dienone is 1. The molecule has 0 fully saturated rings. The topological polar surface area (TPSA) is 67.4 Å². The smallest absolute Gasteiger partial charge is 0.337 e. The summed E-state index contributed by atoms with van der Waals surface area (Å²) in [4.78, 5) is 23.3. The van der Waals surface area contributed by atoms with E-state index in [1.54, 1.807) is 6.92 Å². The number of carbonyl (C=O) groups excluding carboxylic acids is 2. The maximum absolute atomic E-state index is 11.8. The molecule has 1 aromatic rings. The molecule has 2 amide bonds. The minimum atomic E-state index is -0.479. The molecule has 1 unspecified atom stereocenters. The van der Waals surface area contributed by atoms with Crippen LogP contribution in [0.5, 0.6) is 0 Å². The van der Waals surface area contributed by atoms with Gasteiger partial charge in [0.1, 0.15) is 0 Å². The summed E-state index contributed by atoms with van der Waals surface area (Å²) in [7, 11) is 1.32. The highest BCUT2D eigenvalue weighted by Crippen LogP contribution is 2.26. The molecule has 0 radical (unpaired) electrons. The molecule has 0 saturated carbocycles. The third-order valence-corrected chi connectivity index (χ3v) is 2.81. The largest absolute Gasteiger partial charge is 0.466 e. The van der Waals surface area contributed by atoms with Crippen LogP contribution in [0.1, 0.15) is 18.5 Å². The van der Waals surface area contributed by atoms with Crippen LogP contribution < -0.4 is 10.6 Å². The Morgan fingerprint density at radius 1 is 1.28 bits per heavy atom. The van der Waals surface area contributed by atoms with Gasteiger partial charge in [0.05, 0.1) is 18.7 Å². The van der Waals surface area contributed by atoms with Gasteiger partial charge in [0.25, 0.3) is 0 Å². The monoisotopic (exact) mass is 246 g/mol. The lowest BCUT2D eigenvalue weighted by atomic mass is 9.96. The number of methoxy groups -OCH3 is 1. The molecule has 94 valence electrons. The second-order valence-corrected chi connectivity index (χ2v) is 3.97. The summed E-state index contributed by atoms with van der Waals surface area (Å²) in [5.74, 6) is -0.450. The van der Waals surface area contributed by atoms with E-state index in [0.717, 1.165) is 5.56 Å². The standard InChI is InChI=1S/C13H14N2O3/c1-8-10(12(16)18-2)11(15-13(17)14-8)9-6-4-3-5-7-9/h3-7,11H,1-2H3,(H2,14,15,17). The molecular weight excluding hydrogens is 232 g/mol. The molecule has 0 aliphatic carbocycles. The Labute approximate surface area is 105 Å². The van der Waals surface area contributed by atoms with Crippen molar-refractivity contribution in [2.45, 2.75) is 13.0 Å². The van der Waals surface area contributed by atoms with Crippen LogP contribution in [-0.4, -0.2) is 19.1 Å². The molecule has 0 spiro atoms. The Morgan fingerprint density at radius 2 is 1.94 bits per heavy atom. The van der Waals surface area contributed by atoms with Crippen LogP contribution in [0.25, 0.3) is 0 Å². The number of amides is 2. The van der Waals surface area contributed by atoms with Crippen molar-refractivity contribution in [1.29, 1.82) is 0 Å². The number of benzene rings is 1. The van der Waals surface area contributed by atoms with E-state index in [9.17, 15) is 9.59 Å². The van der Waals surface area contributed by atoms with Crippen molar-refractivity contribution in [3.8, 4) is 0 Å². The van der Waals surface area contributed by atoms with E-state index in [1.165, 1.54) is 7.11 Å². The molecule has 0 aromatic heterocycles. The predicted octanol–water partition coefficient (Wildman–Crippen LogP) is 1.49. The van der Waals surface area contributed by atoms with Gasteiger partial charge < -0.3 is 15.4 Å². The van der Waals surface area contributed by atoms with Crippen molar-refractivity contribution in [3.63, 3.8) is 0 Å². The number of rotatable bonds is 2. The third kappa shape index (κ3) is 2.20. The molecular formula is C13H14N2O3. The first-order chi connectivity index (χ1) is 8.63. The summed E-state index contributed by atoms with van der Waals surface area (Å²) in [6.45, 7) is 1.68. The van der Waals surface area contributed by atoms with Crippen molar-refractivity contribution in [2.75, 3.05) is 7.11 Å². The Bertz CT molecular complexity index is 508. The summed E-state index contributed by atoms with van der Waals surface area (Å²) in [6.07, 6.45) is 0. The number of hydrogen-bond donors (Lipinski definition) is 2. The van der Waals surface area contributed by atoms with Gasteiger partial charge in [-0.05, 0) is 12.5 Å². The molecule has 5 heteroatoms. The van der Waals surface area contributed by atoms with Gasteiger partial charge in [0.2, 0.25) is 0 Å². The highest BCUT2D eigenvalue weighted by molar-refractivity contribution is 5.94. The zero-order valence-electron chi connectivity index (χ0n) is 10.2. The van der Waals surface area contributed by atoms with Crippen LogP contribution in [0, 0.1) is 0 Å². The second-order valence-electron chi connectivity index (χ2n) is 3.97. The summed E-state index contributed by atoms with van der Waals surface area (Å²) in [6, 6.07) is 8.49. The summed E-state index contributed by atoms with van der Waals surface area (Å²) in [5.41, 5.74) is 1.77. The van der Waals surface area contributed by atoms with Gasteiger partial charge in [0.15, 0.2) is 0 Å². The van der Waals surface area contributed by atoms with Crippen molar-refractivity contribution < 1.29 is 14.3 Å². The SMILES string of the molecule is COC(=O)C1=C(C)NC(=O)NC1c1ccccc1. The summed E-state index contributed by atoms with van der Waals surface area (Å²) in [5, 5.41) is 5.29. The summed E-state index contributed by atoms with van der Waals surface area (Å²) >= 11 is 0. The zero-order chi connectivity index (χ0) is 13.1. The van der Waals surface area contributed by atoms with Gasteiger partial charge in [-0.25, -0.2) is 9.59 Å². The molecule has 1 aliphatic rings. The van der Waals surface area contributed by atoms with Crippen molar-refractivity contribution in [2.24, 2.45) is 0 Å².